The molecule has 0 rings (SSSR count). The van der Waals surface area contributed by atoms with E-state index in [1.807, 2.05) is 6.07 Å². The van der Waals surface area contributed by atoms with Crippen molar-refractivity contribution in [2.75, 3.05) is 6.54 Å². The summed E-state index contributed by atoms with van der Waals surface area (Å²) in [6, 6.07) is -0.301. The van der Waals surface area contributed by atoms with Gasteiger partial charge in [0.25, 0.3) is 0 Å². The highest BCUT2D eigenvalue weighted by Crippen LogP contribution is 2.02. The summed E-state index contributed by atoms with van der Waals surface area (Å²) in [5.74, 6) is -2.16. The number of amides is 3. The Kier molecular flexibility index (Phi) is 6.96. The maximum absolute atomic E-state index is 11.9. The van der Waals surface area contributed by atoms with Crippen LogP contribution in [0, 0.1) is 11.3 Å². The van der Waals surface area contributed by atoms with Gasteiger partial charge in [-0.05, 0) is 13.8 Å². The number of hydrogen-bond acceptors (Lipinski definition) is 4. The minimum absolute atomic E-state index is 0.138. The molecule has 0 aromatic rings. The van der Waals surface area contributed by atoms with Crippen LogP contribution < -0.4 is 11.1 Å². The highest BCUT2D eigenvalue weighted by Gasteiger charge is 2.25. The molecular formula is C11H18N4O4. The number of carbonyl (C=O) groups is 3. The number of rotatable bonds is 7. The van der Waals surface area contributed by atoms with E-state index in [2.05, 4.69) is 5.32 Å². The quantitative estimate of drug-likeness (QED) is 0.580. The Balaban J connectivity index is 4.71. The second-order valence-corrected chi connectivity index (χ2v) is 4.21. The van der Waals surface area contributed by atoms with Gasteiger partial charge < -0.3 is 21.1 Å². The van der Waals surface area contributed by atoms with Crippen molar-refractivity contribution in [3.63, 3.8) is 0 Å². The first-order valence-electron chi connectivity index (χ1n) is 5.74. The smallest absolute Gasteiger partial charge is 0.326 e. The molecule has 0 aliphatic heterocycles. The van der Waals surface area contributed by atoms with Crippen LogP contribution in [0.15, 0.2) is 0 Å². The molecule has 3 amide bonds. The number of nitrogens with zero attached hydrogens (tertiary/aromatic N) is 2. The second-order valence-electron chi connectivity index (χ2n) is 4.21. The molecule has 0 aromatic heterocycles. The van der Waals surface area contributed by atoms with Gasteiger partial charge in [-0.1, -0.05) is 0 Å². The van der Waals surface area contributed by atoms with Gasteiger partial charge in [-0.2, -0.15) is 5.26 Å². The predicted octanol–water partition coefficient (Wildman–Crippen LogP) is -0.351. The van der Waals surface area contributed by atoms with Crippen LogP contribution in [0.2, 0.25) is 0 Å². The minimum Gasteiger partial charge on any atom is -0.480 e. The molecule has 8 heteroatoms. The molecule has 19 heavy (non-hydrogen) atoms. The van der Waals surface area contributed by atoms with Crippen molar-refractivity contribution in [1.29, 1.82) is 5.26 Å². The van der Waals surface area contributed by atoms with Crippen molar-refractivity contribution >= 4 is 17.9 Å². The summed E-state index contributed by atoms with van der Waals surface area (Å²) in [7, 11) is 0. The fourth-order valence-corrected chi connectivity index (χ4v) is 1.40. The fourth-order valence-electron chi connectivity index (χ4n) is 1.40. The van der Waals surface area contributed by atoms with E-state index in [-0.39, 0.29) is 19.0 Å². The zero-order valence-electron chi connectivity index (χ0n) is 10.9. The number of nitrogens with two attached hydrogens (primary N) is 1. The lowest BCUT2D eigenvalue weighted by Crippen LogP contribution is -2.51. The third-order valence-electron chi connectivity index (χ3n) is 2.35. The van der Waals surface area contributed by atoms with Crippen LogP contribution in [0.5, 0.6) is 0 Å². The molecule has 8 nitrogen and oxygen atoms in total. The topological polar surface area (TPSA) is 137 Å². The molecule has 4 N–H and O–H groups in total. The lowest BCUT2D eigenvalue weighted by atomic mass is 10.2. The van der Waals surface area contributed by atoms with E-state index in [4.69, 9.17) is 16.1 Å². The summed E-state index contributed by atoms with van der Waals surface area (Å²) in [6.07, 6.45) is -0.343. The number of nitriles is 1. The fraction of sp³-hybridized carbons (Fsp3) is 0.636. The summed E-state index contributed by atoms with van der Waals surface area (Å²) in [6.45, 7) is 3.66. The number of hydrogen-bond donors (Lipinski definition) is 3. The van der Waals surface area contributed by atoms with Gasteiger partial charge in [0.1, 0.15) is 6.04 Å². The number of primary amides is 1. The van der Waals surface area contributed by atoms with E-state index in [0.29, 0.717) is 0 Å². The van der Waals surface area contributed by atoms with Gasteiger partial charge in [0.15, 0.2) is 0 Å². The zero-order chi connectivity index (χ0) is 15.0. The van der Waals surface area contributed by atoms with E-state index in [1.54, 1.807) is 13.8 Å². The lowest BCUT2D eigenvalue weighted by molar-refractivity contribution is -0.141. The van der Waals surface area contributed by atoms with E-state index < -0.39 is 30.4 Å². The van der Waals surface area contributed by atoms with Gasteiger partial charge in [-0.3, -0.25) is 4.79 Å². The summed E-state index contributed by atoms with van der Waals surface area (Å²) in [4.78, 5) is 34.8. The van der Waals surface area contributed by atoms with Crippen molar-refractivity contribution in [1.82, 2.24) is 10.2 Å². The number of carboxylic acids is 1. The first-order valence-corrected chi connectivity index (χ1v) is 5.74. The third kappa shape index (κ3) is 6.26. The van der Waals surface area contributed by atoms with Gasteiger partial charge in [0, 0.05) is 12.6 Å². The molecule has 0 radical (unpaired) electrons. The van der Waals surface area contributed by atoms with Crippen LogP contribution in [0.25, 0.3) is 0 Å². The first-order chi connectivity index (χ1) is 8.79. The highest BCUT2D eigenvalue weighted by atomic mass is 16.4. The number of aliphatic carboxylic acids is 1. The van der Waals surface area contributed by atoms with Crippen LogP contribution >= 0.6 is 0 Å². The van der Waals surface area contributed by atoms with Crippen molar-refractivity contribution in [3.8, 4) is 6.07 Å². The van der Waals surface area contributed by atoms with Gasteiger partial charge in [0.2, 0.25) is 5.91 Å². The molecule has 106 valence electrons. The van der Waals surface area contributed by atoms with Crippen LogP contribution in [-0.4, -0.2) is 46.5 Å². The monoisotopic (exact) mass is 270 g/mol. The maximum Gasteiger partial charge on any atom is 0.326 e. The molecule has 0 unspecified atom stereocenters. The van der Waals surface area contributed by atoms with Crippen molar-refractivity contribution in [2.24, 2.45) is 5.73 Å². The van der Waals surface area contributed by atoms with Crippen molar-refractivity contribution < 1.29 is 19.5 Å². The predicted molar refractivity (Wildman–Crippen MR) is 65.8 cm³/mol. The molecule has 0 bridgehead atoms. The van der Waals surface area contributed by atoms with Gasteiger partial charge in [0.05, 0.1) is 18.9 Å². The molecule has 0 fully saturated rings. The summed E-state index contributed by atoms with van der Waals surface area (Å²) >= 11 is 0. The van der Waals surface area contributed by atoms with Crippen LogP contribution in [0.4, 0.5) is 4.79 Å². The Labute approximate surface area is 111 Å². The van der Waals surface area contributed by atoms with Gasteiger partial charge >= 0.3 is 12.0 Å². The van der Waals surface area contributed by atoms with E-state index in [1.165, 1.54) is 4.90 Å². The lowest BCUT2D eigenvalue weighted by Gasteiger charge is -2.27. The average molecular weight is 270 g/mol. The second kappa shape index (κ2) is 7.92. The average Bonchev–Trinajstić information content (AvgIpc) is 2.27. The molecule has 0 saturated carbocycles. The van der Waals surface area contributed by atoms with E-state index in [0.717, 1.165) is 0 Å². The van der Waals surface area contributed by atoms with Crippen LogP contribution in [-0.2, 0) is 9.59 Å². The molecule has 0 aliphatic rings. The minimum atomic E-state index is -1.37. The van der Waals surface area contributed by atoms with Crippen LogP contribution in [0.3, 0.4) is 0 Å². The Morgan fingerprint density at radius 3 is 2.37 bits per heavy atom. The normalized spacial score (nSPS) is 11.5. The summed E-state index contributed by atoms with van der Waals surface area (Å²) < 4.78 is 0. The molecule has 0 saturated heterocycles. The summed E-state index contributed by atoms with van der Waals surface area (Å²) in [5.41, 5.74) is 4.91. The maximum atomic E-state index is 11.9. The molecule has 0 spiro atoms. The van der Waals surface area contributed by atoms with Gasteiger partial charge in [-0.25, -0.2) is 9.59 Å². The SMILES string of the molecule is CC(C)N(CCC#N)C(=O)N[C@H](CC(N)=O)C(=O)O. The number of carbonyl (C=O) groups excluding carboxylic acids is 2. The van der Waals surface area contributed by atoms with Crippen LogP contribution in [0.1, 0.15) is 26.7 Å². The molecule has 1 atom stereocenters. The summed E-state index contributed by atoms with van der Waals surface area (Å²) in [5, 5.41) is 19.6. The molecular weight excluding hydrogens is 252 g/mol. The Morgan fingerprint density at radius 1 is 1.42 bits per heavy atom. The molecule has 0 aliphatic carbocycles. The van der Waals surface area contributed by atoms with E-state index in [9.17, 15) is 14.4 Å². The Bertz CT molecular complexity index is 389. The van der Waals surface area contributed by atoms with Crippen molar-refractivity contribution in [2.45, 2.75) is 38.8 Å². The Hall–Kier alpha value is -2.30. The largest absolute Gasteiger partial charge is 0.480 e. The molecule has 0 aromatic carbocycles. The first kappa shape index (κ1) is 16.7. The van der Waals surface area contributed by atoms with Gasteiger partial charge in [-0.15, -0.1) is 0 Å². The number of urea groups is 1. The molecule has 0 heterocycles. The third-order valence-corrected chi connectivity index (χ3v) is 2.35. The number of nitrogens with one attached hydrogen (secondary N) is 1. The zero-order valence-corrected chi connectivity index (χ0v) is 10.9. The Morgan fingerprint density at radius 2 is 2.00 bits per heavy atom. The number of carboxylic acid groups (broad SMARTS) is 1. The standard InChI is InChI=1S/C11H18N4O4/c1-7(2)15(5-3-4-12)11(19)14-8(10(17)18)6-9(13)16/h7-8H,3,5-6H2,1-2H3,(H2,13,16)(H,14,19)(H,17,18)/t8-/m1/s1. The highest BCUT2D eigenvalue weighted by molar-refractivity contribution is 5.87. The van der Waals surface area contributed by atoms with Crippen molar-refractivity contribution in [3.05, 3.63) is 0 Å². The van der Waals surface area contributed by atoms with E-state index >= 15 is 0 Å².